The average Bonchev–Trinajstić information content (AvgIpc) is 3.09. The molecule has 0 aromatic heterocycles. The Kier molecular flexibility index (Phi) is 3.90. The molecule has 1 aromatic carbocycles. The van der Waals surface area contributed by atoms with Gasteiger partial charge in [-0.2, -0.15) is 0 Å². The molecule has 20 heavy (non-hydrogen) atoms. The highest BCUT2D eigenvalue weighted by atomic mass is 16.1. The molecule has 106 valence electrons. The zero-order chi connectivity index (χ0) is 13.9. The van der Waals surface area contributed by atoms with Crippen molar-refractivity contribution >= 4 is 12.0 Å². The van der Waals surface area contributed by atoms with Crippen LogP contribution >= 0.6 is 0 Å². The predicted octanol–water partition coefficient (Wildman–Crippen LogP) is 3.64. The first-order chi connectivity index (χ1) is 9.72. The summed E-state index contributed by atoms with van der Waals surface area (Å²) in [6.07, 6.45) is 9.02. The molecule has 3 rings (SSSR count). The lowest BCUT2D eigenvalue weighted by molar-refractivity contribution is -0.117. The van der Waals surface area contributed by atoms with Crippen LogP contribution in [0, 0.1) is 17.8 Å². The van der Waals surface area contributed by atoms with Crippen molar-refractivity contribution in [1.29, 1.82) is 0 Å². The number of nitrogens with one attached hydrogen (secondary N) is 1. The number of carbonyl (C=O) groups is 1. The normalized spacial score (nSPS) is 29.8. The molecule has 2 saturated carbocycles. The SMILES string of the molecule is C[C@@H](NC(=O)/C=C/c1ccccc1)[C@@H]1C[C@@H]2CC[C@@H]1C2. The van der Waals surface area contributed by atoms with Crippen molar-refractivity contribution in [2.75, 3.05) is 0 Å². The lowest BCUT2D eigenvalue weighted by Gasteiger charge is -2.28. The summed E-state index contributed by atoms with van der Waals surface area (Å²) in [4.78, 5) is 12.0. The first-order valence-corrected chi connectivity index (χ1v) is 7.76. The number of amides is 1. The van der Waals surface area contributed by atoms with E-state index in [1.54, 1.807) is 6.08 Å². The largest absolute Gasteiger partial charge is 0.350 e. The van der Waals surface area contributed by atoms with Crippen LogP contribution in [0.15, 0.2) is 36.4 Å². The van der Waals surface area contributed by atoms with Crippen molar-refractivity contribution in [2.24, 2.45) is 17.8 Å². The average molecular weight is 269 g/mol. The fourth-order valence-electron chi connectivity index (χ4n) is 4.02. The van der Waals surface area contributed by atoms with E-state index in [1.165, 1.54) is 25.7 Å². The second kappa shape index (κ2) is 5.82. The van der Waals surface area contributed by atoms with E-state index in [1.807, 2.05) is 36.4 Å². The van der Waals surface area contributed by atoms with Crippen molar-refractivity contribution in [3.8, 4) is 0 Å². The molecule has 1 amide bonds. The summed E-state index contributed by atoms with van der Waals surface area (Å²) in [6.45, 7) is 2.17. The number of carbonyl (C=O) groups excluding carboxylic acids is 1. The third-order valence-corrected chi connectivity index (χ3v) is 5.03. The summed E-state index contributed by atoms with van der Waals surface area (Å²) in [5, 5.41) is 3.15. The number of fused-ring (bicyclic) bond motifs is 2. The maximum Gasteiger partial charge on any atom is 0.244 e. The molecule has 0 unspecified atom stereocenters. The van der Waals surface area contributed by atoms with E-state index >= 15 is 0 Å². The van der Waals surface area contributed by atoms with E-state index in [0.717, 1.165) is 17.4 Å². The molecule has 1 N–H and O–H groups in total. The van der Waals surface area contributed by atoms with E-state index in [9.17, 15) is 4.79 Å². The third kappa shape index (κ3) is 2.95. The van der Waals surface area contributed by atoms with Gasteiger partial charge < -0.3 is 5.32 Å². The van der Waals surface area contributed by atoms with Crippen molar-refractivity contribution in [2.45, 2.75) is 38.6 Å². The summed E-state index contributed by atoms with van der Waals surface area (Å²) in [7, 11) is 0. The van der Waals surface area contributed by atoms with Crippen molar-refractivity contribution in [1.82, 2.24) is 5.32 Å². The summed E-state index contributed by atoms with van der Waals surface area (Å²) in [5.74, 6) is 2.52. The molecule has 2 heteroatoms. The molecule has 0 aliphatic heterocycles. The minimum atomic E-state index is 0.0316. The molecule has 0 spiro atoms. The van der Waals surface area contributed by atoms with Gasteiger partial charge in [0.2, 0.25) is 5.91 Å². The molecule has 0 heterocycles. The first kappa shape index (κ1) is 13.4. The van der Waals surface area contributed by atoms with Crippen LogP contribution in [0.5, 0.6) is 0 Å². The van der Waals surface area contributed by atoms with E-state index in [2.05, 4.69) is 12.2 Å². The standard InChI is InChI=1S/C18H23NO/c1-13(17-12-15-7-9-16(17)11-15)19-18(20)10-8-14-5-3-2-4-6-14/h2-6,8,10,13,15-17H,7,9,11-12H2,1H3,(H,19,20)/b10-8+/t13-,15-,16-,17+/m1/s1. The Morgan fingerprint density at radius 1 is 1.25 bits per heavy atom. The van der Waals surface area contributed by atoms with Gasteiger partial charge in [-0.05, 0) is 55.6 Å². The number of hydrogen-bond acceptors (Lipinski definition) is 1. The third-order valence-electron chi connectivity index (χ3n) is 5.03. The van der Waals surface area contributed by atoms with Crippen LogP contribution in [0.25, 0.3) is 6.08 Å². The molecular weight excluding hydrogens is 246 g/mol. The maximum atomic E-state index is 12.0. The lowest BCUT2D eigenvalue weighted by Crippen LogP contribution is -2.39. The van der Waals surface area contributed by atoms with Gasteiger partial charge >= 0.3 is 0 Å². The fourth-order valence-corrected chi connectivity index (χ4v) is 4.02. The minimum absolute atomic E-state index is 0.0316. The van der Waals surface area contributed by atoms with Gasteiger partial charge in [0, 0.05) is 12.1 Å². The Hall–Kier alpha value is -1.57. The second-order valence-corrected chi connectivity index (χ2v) is 6.38. The Bertz CT molecular complexity index is 493. The Labute approximate surface area is 121 Å². The quantitative estimate of drug-likeness (QED) is 0.831. The van der Waals surface area contributed by atoms with Gasteiger partial charge in [-0.1, -0.05) is 36.8 Å². The van der Waals surface area contributed by atoms with Gasteiger partial charge in [0.05, 0.1) is 0 Å². The van der Waals surface area contributed by atoms with Gasteiger partial charge in [0.25, 0.3) is 0 Å². The van der Waals surface area contributed by atoms with Crippen LogP contribution < -0.4 is 5.32 Å². The van der Waals surface area contributed by atoms with Crippen molar-refractivity contribution in [3.63, 3.8) is 0 Å². The summed E-state index contributed by atoms with van der Waals surface area (Å²) < 4.78 is 0. The number of rotatable bonds is 4. The van der Waals surface area contributed by atoms with Crippen molar-refractivity contribution in [3.05, 3.63) is 42.0 Å². The second-order valence-electron chi connectivity index (χ2n) is 6.38. The molecule has 2 fully saturated rings. The number of hydrogen-bond donors (Lipinski definition) is 1. The summed E-state index contributed by atoms with van der Waals surface area (Å²) in [6, 6.07) is 10.3. The molecule has 1 aromatic rings. The van der Waals surface area contributed by atoms with Crippen molar-refractivity contribution < 1.29 is 4.79 Å². The zero-order valence-electron chi connectivity index (χ0n) is 12.1. The fraction of sp³-hybridized carbons (Fsp3) is 0.500. The zero-order valence-corrected chi connectivity index (χ0v) is 12.1. The molecule has 4 atom stereocenters. The van der Waals surface area contributed by atoms with Crippen LogP contribution in [0.2, 0.25) is 0 Å². The lowest BCUT2D eigenvalue weighted by atomic mass is 9.84. The summed E-state index contributed by atoms with van der Waals surface area (Å²) >= 11 is 0. The molecular formula is C18H23NO. The van der Waals surface area contributed by atoms with Crippen LogP contribution in [-0.4, -0.2) is 11.9 Å². The van der Waals surface area contributed by atoms with Gasteiger partial charge in [-0.15, -0.1) is 0 Å². The van der Waals surface area contributed by atoms with Gasteiger partial charge in [0.15, 0.2) is 0 Å². The first-order valence-electron chi connectivity index (χ1n) is 7.76. The molecule has 2 aliphatic rings. The van der Waals surface area contributed by atoms with Crippen LogP contribution in [-0.2, 0) is 4.79 Å². The highest BCUT2D eigenvalue weighted by molar-refractivity contribution is 5.91. The topological polar surface area (TPSA) is 29.1 Å². The van der Waals surface area contributed by atoms with Crippen LogP contribution in [0.4, 0.5) is 0 Å². The Balaban J connectivity index is 1.52. The highest BCUT2D eigenvalue weighted by Crippen LogP contribution is 2.49. The monoisotopic (exact) mass is 269 g/mol. The van der Waals surface area contributed by atoms with E-state index < -0.39 is 0 Å². The highest BCUT2D eigenvalue weighted by Gasteiger charge is 2.41. The summed E-state index contributed by atoms with van der Waals surface area (Å²) in [5.41, 5.74) is 1.07. The Morgan fingerprint density at radius 3 is 2.70 bits per heavy atom. The molecule has 2 aliphatic carbocycles. The van der Waals surface area contributed by atoms with E-state index in [4.69, 9.17) is 0 Å². The van der Waals surface area contributed by atoms with Gasteiger partial charge in [0.1, 0.15) is 0 Å². The molecule has 0 radical (unpaired) electrons. The number of benzene rings is 1. The molecule has 2 bridgehead atoms. The Morgan fingerprint density at radius 2 is 2.05 bits per heavy atom. The van der Waals surface area contributed by atoms with Crippen LogP contribution in [0.1, 0.15) is 38.2 Å². The van der Waals surface area contributed by atoms with Crippen LogP contribution in [0.3, 0.4) is 0 Å². The van der Waals surface area contributed by atoms with E-state index in [0.29, 0.717) is 12.0 Å². The van der Waals surface area contributed by atoms with Gasteiger partial charge in [-0.25, -0.2) is 0 Å². The molecule has 2 nitrogen and oxygen atoms in total. The minimum Gasteiger partial charge on any atom is -0.350 e. The van der Waals surface area contributed by atoms with Gasteiger partial charge in [-0.3, -0.25) is 4.79 Å². The van der Waals surface area contributed by atoms with E-state index in [-0.39, 0.29) is 5.91 Å². The molecule has 0 saturated heterocycles. The maximum absolute atomic E-state index is 12.0. The predicted molar refractivity (Wildman–Crippen MR) is 82.0 cm³/mol. The smallest absolute Gasteiger partial charge is 0.244 e.